The molecular weight excluding hydrogens is 406 g/mol. The number of hydrogen-bond acceptors (Lipinski definition) is 5. The second-order valence-corrected chi connectivity index (χ2v) is 8.53. The van der Waals surface area contributed by atoms with E-state index in [9.17, 15) is 9.59 Å². The second-order valence-electron chi connectivity index (χ2n) is 8.53. The van der Waals surface area contributed by atoms with Crippen LogP contribution in [-0.4, -0.2) is 55.6 Å². The van der Waals surface area contributed by atoms with Crippen molar-refractivity contribution in [3.63, 3.8) is 0 Å². The summed E-state index contributed by atoms with van der Waals surface area (Å²) < 4.78 is 11.7. The molecule has 1 aliphatic heterocycles. The molecule has 7 heteroatoms. The zero-order valence-corrected chi connectivity index (χ0v) is 18.5. The maximum Gasteiger partial charge on any atom is 0.232 e. The van der Waals surface area contributed by atoms with Gasteiger partial charge in [0.1, 0.15) is 6.42 Å². The number of benzene rings is 2. The quantitative estimate of drug-likeness (QED) is 0.642. The molecule has 32 heavy (non-hydrogen) atoms. The summed E-state index contributed by atoms with van der Waals surface area (Å²) in [4.78, 5) is 28.2. The first kappa shape index (κ1) is 22.0. The van der Waals surface area contributed by atoms with Gasteiger partial charge in [0, 0.05) is 31.4 Å². The van der Waals surface area contributed by atoms with E-state index in [4.69, 9.17) is 15.2 Å². The highest BCUT2D eigenvalue weighted by atomic mass is 16.5. The van der Waals surface area contributed by atoms with E-state index in [0.29, 0.717) is 26.1 Å². The van der Waals surface area contributed by atoms with Crippen LogP contribution in [0, 0.1) is 0 Å². The molecule has 2 amide bonds. The van der Waals surface area contributed by atoms with Gasteiger partial charge in [-0.25, -0.2) is 0 Å². The monoisotopic (exact) mass is 437 g/mol. The van der Waals surface area contributed by atoms with Crippen LogP contribution in [0.3, 0.4) is 0 Å². The lowest BCUT2D eigenvalue weighted by atomic mass is 9.96. The molecule has 0 radical (unpaired) electrons. The highest BCUT2D eigenvalue weighted by Gasteiger charge is 2.32. The Labute approximate surface area is 189 Å². The number of rotatable bonds is 8. The van der Waals surface area contributed by atoms with Crippen molar-refractivity contribution in [1.29, 1.82) is 0 Å². The summed E-state index contributed by atoms with van der Waals surface area (Å²) >= 11 is 0. The lowest BCUT2D eigenvalue weighted by Crippen LogP contribution is -2.56. The maximum atomic E-state index is 12.7. The Morgan fingerprint density at radius 3 is 2.50 bits per heavy atom. The number of ether oxygens (including phenoxy) is 2. The normalized spacial score (nSPS) is 18.7. The topological polar surface area (TPSA) is 85.1 Å². The number of anilines is 1. The van der Waals surface area contributed by atoms with Gasteiger partial charge in [-0.2, -0.15) is 0 Å². The number of hydrogen-bond donors (Lipinski definition) is 1. The molecular formula is C25H31N3O4. The Bertz CT molecular complexity index is 945. The van der Waals surface area contributed by atoms with E-state index < -0.39 is 5.91 Å². The predicted molar refractivity (Wildman–Crippen MR) is 123 cm³/mol. The van der Waals surface area contributed by atoms with E-state index in [1.165, 1.54) is 6.42 Å². The van der Waals surface area contributed by atoms with Crippen LogP contribution in [0.4, 0.5) is 5.69 Å². The minimum absolute atomic E-state index is 0.0592. The highest BCUT2D eigenvalue weighted by molar-refractivity contribution is 5.96. The van der Waals surface area contributed by atoms with Crippen LogP contribution in [-0.2, 0) is 16.0 Å². The van der Waals surface area contributed by atoms with Crippen molar-refractivity contribution >= 4 is 17.5 Å². The van der Waals surface area contributed by atoms with Crippen molar-refractivity contribution in [3.8, 4) is 11.5 Å². The molecule has 4 rings (SSSR count). The number of amides is 2. The van der Waals surface area contributed by atoms with Gasteiger partial charge in [0.05, 0.1) is 19.3 Å². The van der Waals surface area contributed by atoms with Gasteiger partial charge in [0.15, 0.2) is 11.5 Å². The first-order valence-corrected chi connectivity index (χ1v) is 11.2. The van der Waals surface area contributed by atoms with Crippen molar-refractivity contribution in [3.05, 3.63) is 54.1 Å². The van der Waals surface area contributed by atoms with Crippen LogP contribution in [0.1, 0.15) is 31.2 Å². The summed E-state index contributed by atoms with van der Waals surface area (Å²) in [6, 6.07) is 16.1. The summed E-state index contributed by atoms with van der Waals surface area (Å²) in [5, 5.41) is 0. The van der Waals surface area contributed by atoms with Crippen LogP contribution in [0.15, 0.2) is 48.5 Å². The Hall–Kier alpha value is -3.22. The molecule has 0 bridgehead atoms. The van der Waals surface area contributed by atoms with Crippen molar-refractivity contribution in [2.75, 3.05) is 31.6 Å². The molecule has 1 heterocycles. The summed E-state index contributed by atoms with van der Waals surface area (Å²) in [6.07, 6.45) is 4.07. The summed E-state index contributed by atoms with van der Waals surface area (Å²) in [7, 11) is 1.65. The Morgan fingerprint density at radius 1 is 1.06 bits per heavy atom. The van der Waals surface area contributed by atoms with Crippen LogP contribution in [0.2, 0.25) is 0 Å². The highest BCUT2D eigenvalue weighted by Crippen LogP contribution is 2.36. The SMILES string of the molecule is COc1ccc(N2CCN(C(=O)CC(N)=O)[C@@H](Cc3ccccc3)C2)cc1OC1CCC1. The van der Waals surface area contributed by atoms with E-state index in [-0.39, 0.29) is 24.5 Å². The number of piperazine rings is 1. The fourth-order valence-electron chi connectivity index (χ4n) is 4.35. The molecule has 2 aliphatic rings. The zero-order valence-electron chi connectivity index (χ0n) is 18.5. The molecule has 1 saturated carbocycles. The van der Waals surface area contributed by atoms with Gasteiger partial charge < -0.3 is 25.0 Å². The number of carbonyl (C=O) groups excluding carboxylic acids is 2. The molecule has 0 spiro atoms. The van der Waals surface area contributed by atoms with Crippen molar-refractivity contribution < 1.29 is 19.1 Å². The van der Waals surface area contributed by atoms with E-state index in [0.717, 1.165) is 35.6 Å². The van der Waals surface area contributed by atoms with Crippen LogP contribution >= 0.6 is 0 Å². The van der Waals surface area contributed by atoms with Gasteiger partial charge >= 0.3 is 0 Å². The average molecular weight is 438 g/mol. The lowest BCUT2D eigenvalue weighted by molar-refractivity contribution is -0.137. The number of primary amides is 1. The molecule has 1 aliphatic carbocycles. The molecule has 1 saturated heterocycles. The lowest BCUT2D eigenvalue weighted by Gasteiger charge is -2.43. The summed E-state index contributed by atoms with van der Waals surface area (Å²) in [6.45, 7) is 1.87. The first-order valence-electron chi connectivity index (χ1n) is 11.2. The third kappa shape index (κ3) is 5.15. The van der Waals surface area contributed by atoms with Gasteiger partial charge in [-0.15, -0.1) is 0 Å². The minimum Gasteiger partial charge on any atom is -0.493 e. The third-order valence-corrected chi connectivity index (χ3v) is 6.30. The van der Waals surface area contributed by atoms with Gasteiger partial charge in [0.2, 0.25) is 11.8 Å². The molecule has 2 aromatic carbocycles. The van der Waals surface area contributed by atoms with Crippen molar-refractivity contribution in [2.45, 2.75) is 44.2 Å². The van der Waals surface area contributed by atoms with Crippen LogP contribution < -0.4 is 20.1 Å². The third-order valence-electron chi connectivity index (χ3n) is 6.30. The van der Waals surface area contributed by atoms with Gasteiger partial charge in [0.25, 0.3) is 0 Å². The smallest absolute Gasteiger partial charge is 0.232 e. The zero-order chi connectivity index (χ0) is 22.5. The standard InChI is InChI=1S/C25H31N3O4/c1-31-22-11-10-19(15-23(22)32-21-8-5-9-21)27-12-13-28(25(30)16-24(26)29)20(17-27)14-18-6-3-2-4-7-18/h2-4,6-7,10-11,15,20-21H,5,8-9,12-14,16-17H2,1H3,(H2,26,29)/t20-/m0/s1. The Balaban J connectivity index is 1.54. The molecule has 2 aromatic rings. The fourth-order valence-corrected chi connectivity index (χ4v) is 4.35. The molecule has 2 N–H and O–H groups in total. The van der Waals surface area contributed by atoms with E-state index in [1.54, 1.807) is 7.11 Å². The maximum absolute atomic E-state index is 12.7. The molecule has 7 nitrogen and oxygen atoms in total. The Kier molecular flexibility index (Phi) is 6.83. The number of nitrogens with zero attached hydrogens (tertiary/aromatic N) is 2. The van der Waals surface area contributed by atoms with Crippen molar-refractivity contribution in [1.82, 2.24) is 4.90 Å². The first-order chi connectivity index (χ1) is 15.5. The molecule has 170 valence electrons. The number of methoxy groups -OCH3 is 1. The number of nitrogens with two attached hydrogens (primary N) is 1. The van der Waals surface area contributed by atoms with E-state index in [2.05, 4.69) is 17.0 Å². The van der Waals surface area contributed by atoms with E-state index >= 15 is 0 Å². The fraction of sp³-hybridized carbons (Fsp3) is 0.440. The van der Waals surface area contributed by atoms with Gasteiger partial charge in [-0.3, -0.25) is 9.59 Å². The number of carbonyl (C=O) groups is 2. The average Bonchev–Trinajstić information content (AvgIpc) is 2.76. The van der Waals surface area contributed by atoms with E-state index in [1.807, 2.05) is 41.3 Å². The Morgan fingerprint density at radius 2 is 1.84 bits per heavy atom. The predicted octanol–water partition coefficient (Wildman–Crippen LogP) is 2.76. The van der Waals surface area contributed by atoms with Crippen LogP contribution in [0.25, 0.3) is 0 Å². The van der Waals surface area contributed by atoms with Gasteiger partial charge in [-0.1, -0.05) is 30.3 Å². The minimum atomic E-state index is -0.594. The molecule has 0 unspecified atom stereocenters. The largest absolute Gasteiger partial charge is 0.493 e. The second kappa shape index (κ2) is 9.94. The molecule has 1 atom stereocenters. The molecule has 2 fully saturated rings. The van der Waals surface area contributed by atoms with Crippen LogP contribution in [0.5, 0.6) is 11.5 Å². The van der Waals surface area contributed by atoms with Gasteiger partial charge in [-0.05, 0) is 43.4 Å². The summed E-state index contributed by atoms with van der Waals surface area (Å²) in [5.41, 5.74) is 7.49. The molecule has 0 aromatic heterocycles. The summed E-state index contributed by atoms with van der Waals surface area (Å²) in [5.74, 6) is 0.698. The van der Waals surface area contributed by atoms with Crippen molar-refractivity contribution in [2.24, 2.45) is 5.73 Å².